The van der Waals surface area contributed by atoms with E-state index in [4.69, 9.17) is 10.5 Å². The van der Waals surface area contributed by atoms with Gasteiger partial charge in [-0.15, -0.1) is 0 Å². The van der Waals surface area contributed by atoms with Crippen LogP contribution in [0.4, 0.5) is 5.69 Å². The minimum Gasteiger partial charge on any atom is -0.507 e. The third-order valence-corrected chi connectivity index (χ3v) is 2.40. The van der Waals surface area contributed by atoms with Crippen LogP contribution in [-0.4, -0.2) is 12.2 Å². The molecule has 0 aromatic heterocycles. The van der Waals surface area contributed by atoms with Crippen molar-refractivity contribution in [3.05, 3.63) is 42.5 Å². The molecule has 3 heteroatoms. The zero-order valence-electron chi connectivity index (χ0n) is 8.97. The van der Waals surface area contributed by atoms with Crippen LogP contribution in [0.5, 0.6) is 11.5 Å². The Morgan fingerprint density at radius 1 is 1.12 bits per heavy atom. The molecule has 0 amide bonds. The molecule has 0 saturated heterocycles. The molecular formula is C13H13NO2. The van der Waals surface area contributed by atoms with E-state index in [0.717, 1.165) is 16.9 Å². The maximum absolute atomic E-state index is 9.79. The van der Waals surface area contributed by atoms with E-state index >= 15 is 0 Å². The largest absolute Gasteiger partial charge is 0.507 e. The summed E-state index contributed by atoms with van der Waals surface area (Å²) in [5, 5.41) is 9.79. The summed E-state index contributed by atoms with van der Waals surface area (Å²) < 4.78 is 5.13. The maximum Gasteiger partial charge on any atom is 0.125 e. The van der Waals surface area contributed by atoms with Crippen molar-refractivity contribution in [1.29, 1.82) is 0 Å². The molecule has 2 aromatic rings. The maximum atomic E-state index is 9.79. The van der Waals surface area contributed by atoms with Gasteiger partial charge in [-0.05, 0) is 29.8 Å². The van der Waals surface area contributed by atoms with E-state index in [1.807, 2.05) is 24.3 Å². The van der Waals surface area contributed by atoms with Gasteiger partial charge < -0.3 is 15.6 Å². The Kier molecular flexibility index (Phi) is 2.68. The van der Waals surface area contributed by atoms with Crippen molar-refractivity contribution in [2.45, 2.75) is 0 Å². The number of aromatic hydroxyl groups is 1. The minimum atomic E-state index is 0.174. The third kappa shape index (κ3) is 1.93. The summed E-state index contributed by atoms with van der Waals surface area (Å²) >= 11 is 0. The van der Waals surface area contributed by atoms with Crippen molar-refractivity contribution in [2.75, 3.05) is 12.8 Å². The van der Waals surface area contributed by atoms with Gasteiger partial charge in [0.1, 0.15) is 11.5 Å². The van der Waals surface area contributed by atoms with Gasteiger partial charge >= 0.3 is 0 Å². The normalized spacial score (nSPS) is 10.1. The number of nitrogens with two attached hydrogens (primary N) is 1. The highest BCUT2D eigenvalue weighted by atomic mass is 16.5. The second-order valence-electron chi connectivity index (χ2n) is 3.51. The van der Waals surface area contributed by atoms with Crippen molar-refractivity contribution in [3.63, 3.8) is 0 Å². The van der Waals surface area contributed by atoms with Crippen LogP contribution in [0, 0.1) is 0 Å². The topological polar surface area (TPSA) is 55.5 Å². The average Bonchev–Trinajstić information content (AvgIpc) is 2.29. The quantitative estimate of drug-likeness (QED) is 0.757. The first-order chi connectivity index (χ1) is 7.70. The molecule has 0 saturated carbocycles. The fourth-order valence-corrected chi connectivity index (χ4v) is 1.58. The second-order valence-corrected chi connectivity index (χ2v) is 3.51. The first-order valence-electron chi connectivity index (χ1n) is 4.93. The van der Waals surface area contributed by atoms with Crippen molar-refractivity contribution in [1.82, 2.24) is 0 Å². The summed E-state index contributed by atoms with van der Waals surface area (Å²) in [6, 6.07) is 12.6. The lowest BCUT2D eigenvalue weighted by Gasteiger charge is -2.07. The van der Waals surface area contributed by atoms with Gasteiger partial charge in [-0.2, -0.15) is 0 Å². The molecule has 0 aliphatic rings. The second kappa shape index (κ2) is 4.14. The smallest absolute Gasteiger partial charge is 0.125 e. The predicted octanol–water partition coefficient (Wildman–Crippen LogP) is 2.65. The van der Waals surface area contributed by atoms with Gasteiger partial charge in [0.2, 0.25) is 0 Å². The molecule has 0 aliphatic heterocycles. The Bertz CT molecular complexity index is 509. The molecule has 0 heterocycles. The summed E-state index contributed by atoms with van der Waals surface area (Å²) in [6.45, 7) is 0. The number of nitrogen functional groups attached to an aromatic ring is 1. The molecule has 0 aliphatic carbocycles. The summed E-state index contributed by atoms with van der Waals surface area (Å²) in [7, 11) is 1.61. The number of anilines is 1. The van der Waals surface area contributed by atoms with Crippen LogP contribution in [0.25, 0.3) is 11.1 Å². The lowest BCUT2D eigenvalue weighted by atomic mass is 10.0. The third-order valence-electron chi connectivity index (χ3n) is 2.40. The summed E-state index contributed by atoms with van der Waals surface area (Å²) in [5.41, 5.74) is 7.77. The fourth-order valence-electron chi connectivity index (χ4n) is 1.58. The van der Waals surface area contributed by atoms with Crippen molar-refractivity contribution < 1.29 is 9.84 Å². The lowest BCUT2D eigenvalue weighted by molar-refractivity contribution is 0.415. The number of rotatable bonds is 2. The zero-order chi connectivity index (χ0) is 11.5. The first kappa shape index (κ1) is 10.4. The summed E-state index contributed by atoms with van der Waals surface area (Å²) in [4.78, 5) is 0. The van der Waals surface area contributed by atoms with Crippen molar-refractivity contribution >= 4 is 5.69 Å². The number of ether oxygens (including phenoxy) is 1. The van der Waals surface area contributed by atoms with E-state index in [9.17, 15) is 5.11 Å². The molecule has 3 nitrogen and oxygen atoms in total. The SMILES string of the molecule is COc1cccc(-c2ccc(N)cc2O)c1. The van der Waals surface area contributed by atoms with E-state index in [0.29, 0.717) is 5.69 Å². The van der Waals surface area contributed by atoms with E-state index < -0.39 is 0 Å². The molecule has 2 rings (SSSR count). The van der Waals surface area contributed by atoms with Gasteiger partial charge in [-0.3, -0.25) is 0 Å². The molecule has 82 valence electrons. The number of benzene rings is 2. The Labute approximate surface area is 94.1 Å². The number of phenols is 1. The monoisotopic (exact) mass is 215 g/mol. The van der Waals surface area contributed by atoms with Crippen molar-refractivity contribution in [2.24, 2.45) is 0 Å². The van der Waals surface area contributed by atoms with Gasteiger partial charge in [0.05, 0.1) is 7.11 Å². The molecule has 16 heavy (non-hydrogen) atoms. The zero-order valence-corrected chi connectivity index (χ0v) is 8.97. The summed E-state index contributed by atoms with van der Waals surface area (Å²) in [6.07, 6.45) is 0. The number of phenolic OH excluding ortho intramolecular Hbond substituents is 1. The van der Waals surface area contributed by atoms with E-state index in [-0.39, 0.29) is 5.75 Å². The number of hydrogen-bond acceptors (Lipinski definition) is 3. The van der Waals surface area contributed by atoms with E-state index in [1.54, 1.807) is 19.2 Å². The van der Waals surface area contributed by atoms with Crippen LogP contribution in [-0.2, 0) is 0 Å². The minimum absolute atomic E-state index is 0.174. The standard InChI is InChI=1S/C13H13NO2/c1-16-11-4-2-3-9(7-11)12-6-5-10(14)8-13(12)15/h2-8,15H,14H2,1H3. The van der Waals surface area contributed by atoms with Crippen LogP contribution in [0.2, 0.25) is 0 Å². The fraction of sp³-hybridized carbons (Fsp3) is 0.0769. The highest BCUT2D eigenvalue weighted by Crippen LogP contribution is 2.32. The predicted molar refractivity (Wildman–Crippen MR) is 64.5 cm³/mol. The van der Waals surface area contributed by atoms with Crippen LogP contribution in [0.15, 0.2) is 42.5 Å². The summed E-state index contributed by atoms with van der Waals surface area (Å²) in [5.74, 6) is 0.932. The van der Waals surface area contributed by atoms with Crippen molar-refractivity contribution in [3.8, 4) is 22.6 Å². The molecule has 0 spiro atoms. The van der Waals surface area contributed by atoms with E-state index in [2.05, 4.69) is 0 Å². The van der Waals surface area contributed by atoms with Gasteiger partial charge in [-0.25, -0.2) is 0 Å². The van der Waals surface area contributed by atoms with Gasteiger partial charge in [-0.1, -0.05) is 12.1 Å². The average molecular weight is 215 g/mol. The molecule has 2 aromatic carbocycles. The highest BCUT2D eigenvalue weighted by Gasteiger charge is 2.05. The number of hydrogen-bond donors (Lipinski definition) is 2. The van der Waals surface area contributed by atoms with Crippen LogP contribution in [0.3, 0.4) is 0 Å². The van der Waals surface area contributed by atoms with E-state index in [1.165, 1.54) is 6.07 Å². The molecule has 0 unspecified atom stereocenters. The van der Waals surface area contributed by atoms with Gasteiger partial charge in [0, 0.05) is 17.3 Å². The Hall–Kier alpha value is -2.16. The first-order valence-corrected chi connectivity index (χ1v) is 4.93. The number of methoxy groups -OCH3 is 1. The van der Waals surface area contributed by atoms with Gasteiger partial charge in [0.25, 0.3) is 0 Å². The highest BCUT2D eigenvalue weighted by molar-refractivity contribution is 5.73. The molecule has 0 bridgehead atoms. The Morgan fingerprint density at radius 2 is 1.94 bits per heavy atom. The molecule has 0 radical (unpaired) electrons. The Balaban J connectivity index is 2.49. The van der Waals surface area contributed by atoms with Gasteiger partial charge in [0.15, 0.2) is 0 Å². The lowest BCUT2D eigenvalue weighted by Crippen LogP contribution is -1.87. The molecule has 3 N–H and O–H groups in total. The Morgan fingerprint density at radius 3 is 2.62 bits per heavy atom. The molecule has 0 atom stereocenters. The van der Waals surface area contributed by atoms with Crippen LogP contribution >= 0.6 is 0 Å². The molecular weight excluding hydrogens is 202 g/mol. The molecule has 0 fully saturated rings. The van der Waals surface area contributed by atoms with Crippen LogP contribution < -0.4 is 10.5 Å². The van der Waals surface area contributed by atoms with Crippen LogP contribution in [0.1, 0.15) is 0 Å².